The predicted octanol–water partition coefficient (Wildman–Crippen LogP) is -0.310. The van der Waals surface area contributed by atoms with Crippen LogP contribution >= 0.6 is 0 Å². The fourth-order valence-electron chi connectivity index (χ4n) is 0.372. The van der Waals surface area contributed by atoms with Crippen molar-refractivity contribution in [2.45, 2.75) is 13.3 Å². The second kappa shape index (κ2) is 8.43. The number of rotatable bonds is 4. The summed E-state index contributed by atoms with van der Waals surface area (Å²) >= 11 is 0. The van der Waals surface area contributed by atoms with E-state index >= 15 is 0 Å². The molecule has 1 radical (unpaired) electrons. The largest absolute Gasteiger partial charge is 0.480 e. The molecule has 4 heteroatoms. The van der Waals surface area contributed by atoms with Crippen LogP contribution in [0.25, 0.3) is 0 Å². The third-order valence-electron chi connectivity index (χ3n) is 0.703. The summed E-state index contributed by atoms with van der Waals surface area (Å²) in [5, 5.41) is 10.8. The first-order valence-corrected chi connectivity index (χ1v) is 2.70. The van der Waals surface area contributed by atoms with E-state index in [9.17, 15) is 4.79 Å². The fraction of sp³-hybridized carbons (Fsp3) is 0.800. The Labute approximate surface area is 77.1 Å². The van der Waals surface area contributed by atoms with Crippen molar-refractivity contribution in [3.05, 3.63) is 0 Å². The van der Waals surface area contributed by atoms with E-state index in [0.29, 0.717) is 0 Å². The van der Waals surface area contributed by atoms with Crippen LogP contribution in [0.2, 0.25) is 0 Å². The van der Waals surface area contributed by atoms with Gasteiger partial charge in [-0.25, -0.2) is 0 Å². The van der Waals surface area contributed by atoms with Crippen LogP contribution in [-0.2, 0) is 4.79 Å². The fourth-order valence-corrected chi connectivity index (χ4v) is 0.372. The van der Waals surface area contributed by atoms with Crippen LogP contribution < -0.4 is 5.32 Å². The number of nitrogens with one attached hydrogen (secondary N) is 1. The first kappa shape index (κ1) is 12.1. The normalized spacial score (nSPS) is 8.11. The van der Waals surface area contributed by atoms with E-state index in [0.717, 1.165) is 13.0 Å². The van der Waals surface area contributed by atoms with Crippen molar-refractivity contribution in [1.29, 1.82) is 0 Å². The summed E-state index contributed by atoms with van der Waals surface area (Å²) in [5.41, 5.74) is 0. The Morgan fingerprint density at radius 1 is 1.67 bits per heavy atom. The minimum Gasteiger partial charge on any atom is -0.480 e. The number of hydrogen-bond donors (Lipinski definition) is 2. The smallest absolute Gasteiger partial charge is 0.317 e. The van der Waals surface area contributed by atoms with Gasteiger partial charge in [-0.15, -0.1) is 0 Å². The molecule has 0 heterocycles. The number of carbonyl (C=O) groups is 1. The van der Waals surface area contributed by atoms with Crippen molar-refractivity contribution in [2.75, 3.05) is 13.1 Å². The molecule has 2 N–H and O–H groups in total. The molecule has 0 aromatic carbocycles. The second-order valence-electron chi connectivity index (χ2n) is 1.57. The van der Waals surface area contributed by atoms with E-state index in [2.05, 4.69) is 5.32 Å². The Balaban J connectivity index is 0. The number of carboxylic acids is 1. The van der Waals surface area contributed by atoms with E-state index in [4.69, 9.17) is 5.11 Å². The van der Waals surface area contributed by atoms with E-state index < -0.39 is 5.97 Å². The van der Waals surface area contributed by atoms with Crippen LogP contribution in [0.5, 0.6) is 0 Å². The molecule has 0 rings (SSSR count). The first-order valence-electron chi connectivity index (χ1n) is 2.70. The summed E-state index contributed by atoms with van der Waals surface area (Å²) in [5.74, 6) is -0.793. The molecule has 0 aliphatic heterocycles. The average Bonchev–Trinajstić information content (AvgIpc) is 1.66. The third-order valence-corrected chi connectivity index (χ3v) is 0.703. The van der Waals surface area contributed by atoms with Gasteiger partial charge in [-0.3, -0.25) is 4.79 Å². The molecule has 0 saturated heterocycles. The summed E-state index contributed by atoms with van der Waals surface area (Å²) in [6.07, 6.45) is 0.979. The summed E-state index contributed by atoms with van der Waals surface area (Å²) in [6.45, 7) is 2.86. The van der Waals surface area contributed by atoms with Gasteiger partial charge in [0.25, 0.3) is 0 Å². The van der Waals surface area contributed by atoms with Crippen LogP contribution in [0.15, 0.2) is 0 Å². The van der Waals surface area contributed by atoms with Crippen molar-refractivity contribution in [2.24, 2.45) is 0 Å². The zero-order chi connectivity index (χ0) is 6.41. The van der Waals surface area contributed by atoms with Gasteiger partial charge in [-0.2, -0.15) is 0 Å². The second-order valence-corrected chi connectivity index (χ2v) is 1.57. The van der Waals surface area contributed by atoms with Gasteiger partial charge in [0.15, 0.2) is 0 Å². The maximum atomic E-state index is 9.81. The van der Waals surface area contributed by atoms with E-state index in [-0.39, 0.29) is 36.1 Å². The molecule has 0 spiro atoms. The Kier molecular flexibility index (Phi) is 11.4. The topological polar surface area (TPSA) is 49.3 Å². The average molecular weight is 140 g/mol. The van der Waals surface area contributed by atoms with Crippen LogP contribution in [-0.4, -0.2) is 53.7 Å². The molecule has 9 heavy (non-hydrogen) atoms. The van der Waals surface area contributed by atoms with E-state index in [1.807, 2.05) is 6.92 Å². The Morgan fingerprint density at radius 3 is 2.56 bits per heavy atom. The molecule has 0 bridgehead atoms. The van der Waals surface area contributed by atoms with Crippen LogP contribution in [0, 0.1) is 0 Å². The monoisotopic (exact) mass is 140 g/mol. The number of aliphatic carboxylic acids is 1. The van der Waals surface area contributed by atoms with E-state index in [1.54, 1.807) is 0 Å². The van der Waals surface area contributed by atoms with Gasteiger partial charge < -0.3 is 10.4 Å². The summed E-state index contributed by atoms with van der Waals surface area (Å²) in [6, 6.07) is 0. The van der Waals surface area contributed by atoms with Crippen LogP contribution in [0.1, 0.15) is 13.3 Å². The summed E-state index contributed by atoms with van der Waals surface area (Å²) in [4.78, 5) is 9.81. The van der Waals surface area contributed by atoms with Gasteiger partial charge >= 0.3 is 5.97 Å². The Bertz CT molecular complexity index is 77.4. The van der Waals surface area contributed by atoms with Gasteiger partial charge in [-0.1, -0.05) is 6.92 Å². The number of hydrogen-bond acceptors (Lipinski definition) is 2. The van der Waals surface area contributed by atoms with Crippen LogP contribution in [0.4, 0.5) is 0 Å². The summed E-state index contributed by atoms with van der Waals surface area (Å²) in [7, 11) is 0. The minimum absolute atomic E-state index is 0. The van der Waals surface area contributed by atoms with Crippen molar-refractivity contribution >= 4 is 35.5 Å². The molecule has 3 nitrogen and oxygen atoms in total. The molecular formula is C5H11NNaO2. The number of carboxylic acid groups (broad SMARTS) is 1. The third kappa shape index (κ3) is 11.8. The quantitative estimate of drug-likeness (QED) is 0.416. The Morgan fingerprint density at radius 2 is 2.22 bits per heavy atom. The zero-order valence-electron chi connectivity index (χ0n) is 5.98. The first-order chi connectivity index (χ1) is 3.77. The molecule has 0 saturated carbocycles. The molecule has 0 amide bonds. The molecule has 0 aromatic rings. The SMILES string of the molecule is CCCNCC(=O)O.[Na]. The molecule has 0 fully saturated rings. The maximum absolute atomic E-state index is 9.81. The van der Waals surface area contributed by atoms with Crippen LogP contribution in [0.3, 0.4) is 0 Å². The molecule has 49 valence electrons. The van der Waals surface area contributed by atoms with Crippen molar-refractivity contribution in [1.82, 2.24) is 5.32 Å². The molecule has 0 aromatic heterocycles. The van der Waals surface area contributed by atoms with Gasteiger partial charge in [0, 0.05) is 29.6 Å². The predicted molar refractivity (Wildman–Crippen MR) is 36.6 cm³/mol. The van der Waals surface area contributed by atoms with Crippen molar-refractivity contribution < 1.29 is 9.90 Å². The summed E-state index contributed by atoms with van der Waals surface area (Å²) < 4.78 is 0. The molecule has 0 unspecified atom stereocenters. The van der Waals surface area contributed by atoms with Gasteiger partial charge in [0.2, 0.25) is 0 Å². The molecular weight excluding hydrogens is 129 g/mol. The van der Waals surface area contributed by atoms with E-state index in [1.165, 1.54) is 0 Å². The zero-order valence-corrected chi connectivity index (χ0v) is 7.98. The van der Waals surface area contributed by atoms with Gasteiger partial charge in [0.05, 0.1) is 6.54 Å². The molecule has 0 aliphatic rings. The Hall–Kier alpha value is 0.430. The van der Waals surface area contributed by atoms with Gasteiger partial charge in [-0.05, 0) is 13.0 Å². The van der Waals surface area contributed by atoms with Gasteiger partial charge in [0.1, 0.15) is 0 Å². The maximum Gasteiger partial charge on any atom is 0.317 e. The standard InChI is InChI=1S/C5H11NO2.Na/c1-2-3-6-4-5(7)8;/h6H,2-4H2,1H3,(H,7,8);. The minimum atomic E-state index is -0.793. The van der Waals surface area contributed by atoms with Crippen molar-refractivity contribution in [3.8, 4) is 0 Å². The molecule has 0 atom stereocenters. The van der Waals surface area contributed by atoms with Crippen molar-refractivity contribution in [3.63, 3.8) is 0 Å². The molecule has 0 aliphatic carbocycles.